The van der Waals surface area contributed by atoms with Gasteiger partial charge in [0.05, 0.1) is 13.2 Å². The minimum atomic E-state index is -0.897. The van der Waals surface area contributed by atoms with E-state index in [1.165, 1.54) is 6.07 Å². The number of carbonyl (C=O) groups is 2. The van der Waals surface area contributed by atoms with Gasteiger partial charge in [-0.05, 0) is 29.7 Å². The molecule has 0 saturated carbocycles. The lowest BCUT2D eigenvalue weighted by Crippen LogP contribution is -2.62. The van der Waals surface area contributed by atoms with Crippen molar-refractivity contribution >= 4 is 11.8 Å². The summed E-state index contributed by atoms with van der Waals surface area (Å²) in [6, 6.07) is 12.0. The molecule has 0 aliphatic carbocycles. The van der Waals surface area contributed by atoms with Gasteiger partial charge in [-0.25, -0.2) is 8.78 Å². The zero-order valence-corrected chi connectivity index (χ0v) is 16.3. The summed E-state index contributed by atoms with van der Waals surface area (Å²) in [4.78, 5) is 26.9. The van der Waals surface area contributed by atoms with Crippen LogP contribution in [0, 0.1) is 11.6 Å². The normalized spacial score (nSPS) is 23.4. The molecule has 2 N–H and O–H groups in total. The molecule has 8 heteroatoms. The van der Waals surface area contributed by atoms with Gasteiger partial charge in [-0.15, -0.1) is 0 Å². The molecule has 2 aliphatic rings. The SMILES string of the molecule is O=C1N[C@@H](COCc2ccccc2)C(=O)N2C[C@@H](NCc3ccc(F)c(F)c3)C[C@@H]12. The molecule has 2 heterocycles. The Morgan fingerprint density at radius 1 is 1.07 bits per heavy atom. The molecule has 6 nitrogen and oxygen atoms in total. The molecule has 0 spiro atoms. The van der Waals surface area contributed by atoms with Crippen molar-refractivity contribution in [3.63, 3.8) is 0 Å². The Kier molecular flexibility index (Phi) is 6.06. The van der Waals surface area contributed by atoms with Crippen LogP contribution in [0.4, 0.5) is 8.78 Å². The van der Waals surface area contributed by atoms with Crippen molar-refractivity contribution < 1.29 is 23.1 Å². The highest BCUT2D eigenvalue weighted by molar-refractivity contribution is 5.97. The maximum absolute atomic E-state index is 13.4. The Bertz CT molecular complexity index is 925. The Balaban J connectivity index is 1.30. The zero-order chi connectivity index (χ0) is 21.1. The number of fused-ring (bicyclic) bond motifs is 1. The van der Waals surface area contributed by atoms with Crippen molar-refractivity contribution in [3.8, 4) is 0 Å². The Labute approximate surface area is 173 Å². The van der Waals surface area contributed by atoms with Crippen LogP contribution in [0.15, 0.2) is 48.5 Å². The molecular weight excluding hydrogens is 392 g/mol. The summed E-state index contributed by atoms with van der Waals surface area (Å²) >= 11 is 0. The summed E-state index contributed by atoms with van der Waals surface area (Å²) in [6.07, 6.45) is 0.471. The van der Waals surface area contributed by atoms with Gasteiger partial charge in [0.1, 0.15) is 12.1 Å². The molecule has 2 aliphatic heterocycles. The number of hydrogen-bond donors (Lipinski definition) is 2. The molecule has 0 radical (unpaired) electrons. The molecule has 158 valence electrons. The van der Waals surface area contributed by atoms with E-state index in [9.17, 15) is 18.4 Å². The van der Waals surface area contributed by atoms with E-state index in [0.29, 0.717) is 31.7 Å². The highest BCUT2D eigenvalue weighted by atomic mass is 19.2. The van der Waals surface area contributed by atoms with Crippen molar-refractivity contribution in [2.75, 3.05) is 13.2 Å². The molecule has 2 fully saturated rings. The monoisotopic (exact) mass is 415 g/mol. The summed E-state index contributed by atoms with van der Waals surface area (Å²) in [6.45, 7) is 1.18. The number of benzene rings is 2. The van der Waals surface area contributed by atoms with Gasteiger partial charge in [0.2, 0.25) is 11.8 Å². The van der Waals surface area contributed by atoms with Crippen molar-refractivity contribution in [1.29, 1.82) is 0 Å². The predicted molar refractivity (Wildman–Crippen MR) is 105 cm³/mol. The molecule has 0 unspecified atom stereocenters. The van der Waals surface area contributed by atoms with Crippen LogP contribution in [-0.4, -0.2) is 48.0 Å². The smallest absolute Gasteiger partial charge is 0.248 e. The van der Waals surface area contributed by atoms with Crippen LogP contribution in [0.3, 0.4) is 0 Å². The van der Waals surface area contributed by atoms with E-state index in [4.69, 9.17) is 4.74 Å². The first kappa shape index (κ1) is 20.4. The topological polar surface area (TPSA) is 70.7 Å². The number of carbonyl (C=O) groups excluding carboxylic acids is 2. The lowest BCUT2D eigenvalue weighted by Gasteiger charge is -2.34. The Hall–Kier alpha value is -2.84. The second kappa shape index (κ2) is 8.89. The van der Waals surface area contributed by atoms with Gasteiger partial charge in [0.15, 0.2) is 11.6 Å². The minimum absolute atomic E-state index is 0.107. The zero-order valence-electron chi connectivity index (χ0n) is 16.3. The van der Waals surface area contributed by atoms with E-state index in [2.05, 4.69) is 10.6 Å². The maximum atomic E-state index is 13.4. The average molecular weight is 415 g/mol. The summed E-state index contributed by atoms with van der Waals surface area (Å²) in [7, 11) is 0. The standard InChI is InChI=1S/C22H23F2N3O3/c23-17-7-6-15(8-18(17)24)10-25-16-9-20-21(28)26-19(22(29)27(20)11-16)13-30-12-14-4-2-1-3-5-14/h1-8,16,19-20,25H,9-13H2,(H,26,28)/t16-,19-,20-/m0/s1. The number of nitrogens with zero attached hydrogens (tertiary/aromatic N) is 1. The fraction of sp³-hybridized carbons (Fsp3) is 0.364. The number of piperazine rings is 1. The van der Waals surface area contributed by atoms with Crippen molar-refractivity contribution in [2.24, 2.45) is 0 Å². The quantitative estimate of drug-likeness (QED) is 0.723. The number of nitrogens with one attached hydrogen (secondary N) is 2. The van der Waals surface area contributed by atoms with Gasteiger partial charge in [-0.3, -0.25) is 9.59 Å². The van der Waals surface area contributed by atoms with Gasteiger partial charge in [0, 0.05) is 19.1 Å². The lowest BCUT2D eigenvalue weighted by molar-refractivity contribution is -0.148. The summed E-state index contributed by atoms with van der Waals surface area (Å²) in [5, 5.41) is 5.99. The van der Waals surface area contributed by atoms with E-state index in [-0.39, 0.29) is 24.5 Å². The summed E-state index contributed by atoms with van der Waals surface area (Å²) < 4.78 is 32.0. The van der Waals surface area contributed by atoms with E-state index in [1.807, 2.05) is 30.3 Å². The first-order valence-electron chi connectivity index (χ1n) is 9.91. The van der Waals surface area contributed by atoms with Crippen LogP contribution in [0.5, 0.6) is 0 Å². The summed E-state index contributed by atoms with van der Waals surface area (Å²) in [5.74, 6) is -2.14. The van der Waals surface area contributed by atoms with Gasteiger partial charge >= 0.3 is 0 Å². The highest BCUT2D eigenvalue weighted by Gasteiger charge is 2.46. The Morgan fingerprint density at radius 3 is 2.63 bits per heavy atom. The summed E-state index contributed by atoms with van der Waals surface area (Å²) in [5.41, 5.74) is 1.59. The molecule has 30 heavy (non-hydrogen) atoms. The number of halogens is 2. The third kappa shape index (κ3) is 4.49. The number of amides is 2. The molecule has 2 aromatic rings. The second-order valence-electron chi connectivity index (χ2n) is 7.63. The van der Waals surface area contributed by atoms with Crippen molar-refractivity contribution in [1.82, 2.24) is 15.5 Å². The fourth-order valence-electron chi connectivity index (χ4n) is 3.90. The van der Waals surface area contributed by atoms with Gasteiger partial charge < -0.3 is 20.3 Å². The fourth-order valence-corrected chi connectivity index (χ4v) is 3.90. The lowest BCUT2D eigenvalue weighted by atomic mass is 10.1. The molecule has 2 saturated heterocycles. The first-order valence-corrected chi connectivity index (χ1v) is 9.91. The number of ether oxygens (including phenoxy) is 1. The van der Waals surface area contributed by atoms with Crippen LogP contribution in [0.2, 0.25) is 0 Å². The molecule has 0 bridgehead atoms. The van der Waals surface area contributed by atoms with Crippen LogP contribution in [0.25, 0.3) is 0 Å². The van der Waals surface area contributed by atoms with E-state index < -0.39 is 23.7 Å². The van der Waals surface area contributed by atoms with Gasteiger partial charge in [-0.1, -0.05) is 36.4 Å². The van der Waals surface area contributed by atoms with Gasteiger partial charge in [0.25, 0.3) is 0 Å². The maximum Gasteiger partial charge on any atom is 0.248 e. The Morgan fingerprint density at radius 2 is 1.87 bits per heavy atom. The largest absolute Gasteiger partial charge is 0.374 e. The van der Waals surface area contributed by atoms with Gasteiger partial charge in [-0.2, -0.15) is 0 Å². The third-order valence-electron chi connectivity index (χ3n) is 5.48. The molecule has 0 aromatic heterocycles. The molecule has 4 rings (SSSR count). The number of hydrogen-bond acceptors (Lipinski definition) is 4. The number of rotatable bonds is 7. The van der Waals surface area contributed by atoms with E-state index in [0.717, 1.165) is 17.7 Å². The van der Waals surface area contributed by atoms with Crippen LogP contribution < -0.4 is 10.6 Å². The minimum Gasteiger partial charge on any atom is -0.374 e. The van der Waals surface area contributed by atoms with Crippen molar-refractivity contribution in [3.05, 3.63) is 71.3 Å². The van der Waals surface area contributed by atoms with Crippen LogP contribution >= 0.6 is 0 Å². The predicted octanol–water partition coefficient (Wildman–Crippen LogP) is 1.74. The molecular formula is C22H23F2N3O3. The second-order valence-corrected chi connectivity index (χ2v) is 7.63. The van der Waals surface area contributed by atoms with E-state index >= 15 is 0 Å². The molecule has 3 atom stereocenters. The molecule has 2 aromatic carbocycles. The van der Waals surface area contributed by atoms with Crippen LogP contribution in [-0.2, 0) is 27.5 Å². The molecule has 2 amide bonds. The van der Waals surface area contributed by atoms with Crippen molar-refractivity contribution in [2.45, 2.75) is 37.7 Å². The first-order chi connectivity index (χ1) is 14.5. The van der Waals surface area contributed by atoms with E-state index in [1.54, 1.807) is 4.90 Å². The average Bonchev–Trinajstić information content (AvgIpc) is 3.18. The highest BCUT2D eigenvalue weighted by Crippen LogP contribution is 2.23. The third-order valence-corrected chi connectivity index (χ3v) is 5.48. The van der Waals surface area contributed by atoms with Crippen LogP contribution in [0.1, 0.15) is 17.5 Å².